The molecule has 0 aliphatic heterocycles. The number of hydrogen-bond donors (Lipinski definition) is 0. The van der Waals surface area contributed by atoms with Crippen LogP contribution >= 0.6 is 0 Å². The van der Waals surface area contributed by atoms with E-state index in [2.05, 4.69) is 234 Å². The van der Waals surface area contributed by atoms with E-state index in [-0.39, 0.29) is 0 Å². The number of fused-ring (bicyclic) bond motifs is 7. The third kappa shape index (κ3) is 6.68. The predicted octanol–water partition coefficient (Wildman–Crippen LogP) is 16.1. The lowest BCUT2D eigenvalue weighted by Gasteiger charge is -2.17. The van der Waals surface area contributed by atoms with E-state index < -0.39 is 0 Å². The highest BCUT2D eigenvalue weighted by atomic mass is 15.2. The zero-order valence-electron chi connectivity index (χ0n) is 36.9. The molecule has 68 heavy (non-hydrogen) atoms. The Bertz CT molecular complexity index is 4010. The molecule has 0 saturated heterocycles. The summed E-state index contributed by atoms with van der Waals surface area (Å²) in [5.41, 5.74) is 16.4. The third-order valence-electron chi connectivity index (χ3n) is 13.2. The Labute approximate surface area is 393 Å². The Morgan fingerprint density at radius 2 is 0.735 bits per heavy atom. The molecule has 0 N–H and O–H groups in total. The maximum Gasteiger partial charge on any atom is 0.238 e. The fraction of sp³-hybridized carbons (Fsp3) is 0. The van der Waals surface area contributed by atoms with E-state index in [9.17, 15) is 0 Å². The minimum Gasteiger partial charge on any atom is -0.308 e. The van der Waals surface area contributed by atoms with Crippen molar-refractivity contribution < 1.29 is 0 Å². The molecule has 5 heteroatoms. The number of para-hydroxylation sites is 2. The van der Waals surface area contributed by atoms with Crippen molar-refractivity contribution in [3.63, 3.8) is 0 Å². The molecule has 5 nitrogen and oxygen atoms in total. The fourth-order valence-electron chi connectivity index (χ4n) is 10.0. The van der Waals surface area contributed by atoms with Gasteiger partial charge in [0.25, 0.3) is 0 Å². The number of rotatable bonds is 8. The second-order valence-corrected chi connectivity index (χ2v) is 17.2. The lowest BCUT2D eigenvalue weighted by molar-refractivity contribution is 0.953. The molecule has 3 aromatic heterocycles. The van der Waals surface area contributed by atoms with Crippen LogP contribution in [0.1, 0.15) is 0 Å². The average Bonchev–Trinajstić information content (AvgIpc) is 3.95. The van der Waals surface area contributed by atoms with Crippen molar-refractivity contribution in [3.05, 3.63) is 249 Å². The zero-order chi connectivity index (χ0) is 45.0. The first-order valence-electron chi connectivity index (χ1n) is 23.0. The molecule has 0 saturated carbocycles. The van der Waals surface area contributed by atoms with Gasteiger partial charge in [-0.2, -0.15) is 9.97 Å². The molecule has 0 unspecified atom stereocenters. The minimum absolute atomic E-state index is 0.552. The number of benzene rings is 10. The average molecular weight is 868 g/mol. The lowest BCUT2D eigenvalue weighted by atomic mass is 9.95. The van der Waals surface area contributed by atoms with Gasteiger partial charge in [-0.3, -0.25) is 4.57 Å². The van der Waals surface area contributed by atoms with Gasteiger partial charge in [0.2, 0.25) is 5.95 Å². The predicted molar refractivity (Wildman–Crippen MR) is 281 cm³/mol. The molecule has 318 valence electrons. The third-order valence-corrected chi connectivity index (χ3v) is 13.2. The number of aromatic nitrogens is 5. The van der Waals surface area contributed by atoms with E-state index in [1.807, 2.05) is 24.3 Å². The van der Waals surface area contributed by atoms with Crippen LogP contribution in [0.15, 0.2) is 249 Å². The molecule has 3 heterocycles. The van der Waals surface area contributed by atoms with E-state index in [1.54, 1.807) is 0 Å². The standard InChI is InChI=1S/C63H41N5/c1-5-19-42(20-6-1)46-27-17-29-49(39-46)51-36-35-48(44-23-9-3-10-24-44)41-58(51)67-55-33-15-13-31-52(55)53-37-38-57-59(60(53)67)54-32-14-16-34-56(54)68(57)63-65-61(45-25-11-4-12-26-45)64-62(66-63)50-30-18-28-47(40-50)43-21-7-2-8-22-43/h1-41H. The highest BCUT2D eigenvalue weighted by Gasteiger charge is 2.24. The van der Waals surface area contributed by atoms with Gasteiger partial charge in [-0.25, -0.2) is 4.98 Å². The van der Waals surface area contributed by atoms with Crippen LogP contribution in [0.5, 0.6) is 0 Å². The highest BCUT2D eigenvalue weighted by Crippen LogP contribution is 2.44. The van der Waals surface area contributed by atoms with E-state index in [0.717, 1.165) is 83.0 Å². The molecule has 0 radical (unpaired) electrons. The van der Waals surface area contributed by atoms with Crippen molar-refractivity contribution in [1.29, 1.82) is 0 Å². The molecule has 0 aliphatic carbocycles. The SMILES string of the molecule is c1ccc(-c2cccc(-c3nc(-c4ccccc4)nc(-n4c5ccccc5c5c4ccc4c6ccccc6n(-c6cc(-c7ccccc7)ccc6-c6cccc(-c7ccccc7)c6)c45)n3)c2)cc1. The molecule has 0 fully saturated rings. The van der Waals surface area contributed by atoms with Gasteiger partial charge in [0.05, 0.1) is 27.8 Å². The van der Waals surface area contributed by atoms with Gasteiger partial charge in [0.15, 0.2) is 11.6 Å². The summed E-state index contributed by atoms with van der Waals surface area (Å²) in [7, 11) is 0. The molecule has 13 rings (SSSR count). The van der Waals surface area contributed by atoms with Crippen LogP contribution in [0, 0.1) is 0 Å². The quantitative estimate of drug-likeness (QED) is 0.153. The van der Waals surface area contributed by atoms with Gasteiger partial charge < -0.3 is 4.57 Å². The maximum absolute atomic E-state index is 5.38. The number of nitrogens with zero attached hydrogens (tertiary/aromatic N) is 5. The summed E-state index contributed by atoms with van der Waals surface area (Å²) in [6.45, 7) is 0. The monoisotopic (exact) mass is 867 g/mol. The zero-order valence-corrected chi connectivity index (χ0v) is 36.9. The Morgan fingerprint density at radius 3 is 1.37 bits per heavy atom. The van der Waals surface area contributed by atoms with E-state index in [4.69, 9.17) is 15.0 Å². The summed E-state index contributed by atoms with van der Waals surface area (Å²) >= 11 is 0. The van der Waals surface area contributed by atoms with Crippen molar-refractivity contribution in [3.8, 4) is 78.9 Å². The van der Waals surface area contributed by atoms with Crippen LogP contribution in [0.25, 0.3) is 123 Å². The van der Waals surface area contributed by atoms with Crippen LogP contribution in [0.3, 0.4) is 0 Å². The van der Waals surface area contributed by atoms with Crippen molar-refractivity contribution in [1.82, 2.24) is 24.1 Å². The smallest absolute Gasteiger partial charge is 0.238 e. The van der Waals surface area contributed by atoms with Gasteiger partial charge in [-0.05, 0) is 75.3 Å². The Balaban J connectivity index is 1.11. The van der Waals surface area contributed by atoms with Gasteiger partial charge in [0, 0.05) is 38.2 Å². The summed E-state index contributed by atoms with van der Waals surface area (Å²) in [6.07, 6.45) is 0. The van der Waals surface area contributed by atoms with Crippen molar-refractivity contribution in [2.24, 2.45) is 0 Å². The molecular formula is C63H41N5. The Hall–Kier alpha value is -9.19. The summed E-state index contributed by atoms with van der Waals surface area (Å²) in [5, 5.41) is 4.59. The number of hydrogen-bond acceptors (Lipinski definition) is 3. The second-order valence-electron chi connectivity index (χ2n) is 17.2. The Morgan fingerprint density at radius 1 is 0.265 bits per heavy atom. The second kappa shape index (κ2) is 16.4. The van der Waals surface area contributed by atoms with Crippen molar-refractivity contribution in [2.75, 3.05) is 0 Å². The summed E-state index contributed by atoms with van der Waals surface area (Å²) in [4.78, 5) is 15.9. The van der Waals surface area contributed by atoms with E-state index >= 15 is 0 Å². The molecular weight excluding hydrogens is 827 g/mol. The first-order valence-corrected chi connectivity index (χ1v) is 23.0. The lowest BCUT2D eigenvalue weighted by Crippen LogP contribution is -2.06. The molecule has 0 aliphatic rings. The molecule has 0 atom stereocenters. The molecule has 0 bridgehead atoms. The molecule has 10 aromatic carbocycles. The summed E-state index contributed by atoms with van der Waals surface area (Å²) in [6, 6.07) is 88.3. The van der Waals surface area contributed by atoms with Crippen LogP contribution < -0.4 is 0 Å². The highest BCUT2D eigenvalue weighted by molar-refractivity contribution is 6.26. The van der Waals surface area contributed by atoms with E-state index in [0.29, 0.717) is 17.6 Å². The first kappa shape index (κ1) is 39.2. The molecule has 0 spiro atoms. The Kier molecular flexibility index (Phi) is 9.43. The molecule has 13 aromatic rings. The summed E-state index contributed by atoms with van der Waals surface area (Å²) < 4.78 is 4.74. The van der Waals surface area contributed by atoms with Crippen LogP contribution in [0.4, 0.5) is 0 Å². The van der Waals surface area contributed by atoms with Gasteiger partial charge in [-0.1, -0.05) is 212 Å². The van der Waals surface area contributed by atoms with Crippen molar-refractivity contribution >= 4 is 43.6 Å². The van der Waals surface area contributed by atoms with Crippen LogP contribution in [-0.2, 0) is 0 Å². The summed E-state index contributed by atoms with van der Waals surface area (Å²) in [5.74, 6) is 1.77. The largest absolute Gasteiger partial charge is 0.308 e. The van der Waals surface area contributed by atoms with Crippen LogP contribution in [-0.4, -0.2) is 24.1 Å². The van der Waals surface area contributed by atoms with Gasteiger partial charge in [-0.15, -0.1) is 0 Å². The molecule has 0 amide bonds. The topological polar surface area (TPSA) is 48.5 Å². The van der Waals surface area contributed by atoms with Gasteiger partial charge in [0.1, 0.15) is 0 Å². The first-order chi connectivity index (χ1) is 33.7. The minimum atomic E-state index is 0.552. The van der Waals surface area contributed by atoms with Crippen LogP contribution in [0.2, 0.25) is 0 Å². The van der Waals surface area contributed by atoms with Crippen molar-refractivity contribution in [2.45, 2.75) is 0 Å². The van der Waals surface area contributed by atoms with E-state index in [1.165, 1.54) is 21.9 Å². The fourth-order valence-corrected chi connectivity index (χ4v) is 10.0. The normalized spacial score (nSPS) is 11.5. The van der Waals surface area contributed by atoms with Gasteiger partial charge >= 0.3 is 0 Å². The maximum atomic E-state index is 5.38.